The molecule has 1 aromatic carbocycles. The van der Waals surface area contributed by atoms with Crippen molar-refractivity contribution in [3.05, 3.63) is 87.3 Å². The molecule has 1 aromatic rings. The SMILES string of the molecule is CC1(C)C(=CC=C2C=C([N+](=O)[O-])C=CC2=O)N(CCO)c2ccccc21. The highest BCUT2D eigenvalue weighted by atomic mass is 16.6. The summed E-state index contributed by atoms with van der Waals surface area (Å²) in [5.41, 5.74) is 2.92. The number of nitrogens with zero attached hydrogens (tertiary/aromatic N) is 2. The van der Waals surface area contributed by atoms with E-state index in [0.717, 1.165) is 16.9 Å². The highest BCUT2D eigenvalue weighted by molar-refractivity contribution is 6.07. The van der Waals surface area contributed by atoms with Gasteiger partial charge in [0.1, 0.15) is 0 Å². The third kappa shape index (κ3) is 2.99. The summed E-state index contributed by atoms with van der Waals surface area (Å²) >= 11 is 0. The van der Waals surface area contributed by atoms with E-state index < -0.39 is 4.92 Å². The Bertz CT molecular complexity index is 891. The highest BCUT2D eigenvalue weighted by Crippen LogP contribution is 2.47. The zero-order chi connectivity index (χ0) is 18.9. The Labute approximate surface area is 151 Å². The Balaban J connectivity index is 2.06. The summed E-state index contributed by atoms with van der Waals surface area (Å²) in [5.74, 6) is -0.269. The number of β-amino-alcohol motifs (C(OH)–C–C–N with tert-alkyl or cyclic N) is 1. The summed E-state index contributed by atoms with van der Waals surface area (Å²) in [6.07, 6.45) is 7.13. The number of hydrogen-bond donors (Lipinski definition) is 1. The average molecular weight is 352 g/mol. The molecule has 1 aliphatic heterocycles. The number of hydrogen-bond acceptors (Lipinski definition) is 5. The maximum Gasteiger partial charge on any atom is 0.270 e. The molecule has 6 heteroatoms. The Kier molecular flexibility index (Phi) is 4.61. The number of ketones is 1. The maximum atomic E-state index is 12.0. The topological polar surface area (TPSA) is 83.7 Å². The van der Waals surface area contributed by atoms with Crippen LogP contribution in [0.15, 0.2) is 71.6 Å². The molecule has 0 amide bonds. The molecule has 0 unspecified atom stereocenters. The average Bonchev–Trinajstić information content (AvgIpc) is 2.82. The lowest BCUT2D eigenvalue weighted by atomic mass is 9.83. The largest absolute Gasteiger partial charge is 0.395 e. The van der Waals surface area contributed by atoms with E-state index >= 15 is 0 Å². The van der Waals surface area contributed by atoms with Crippen LogP contribution in [0.2, 0.25) is 0 Å². The standard InChI is InChI=1S/C20H20N2O4/c1-20(2)16-5-3-4-6-17(16)21(11-12-23)19(20)10-7-14-13-15(22(25)26)8-9-18(14)24/h3-10,13,23H,11-12H2,1-2H3. The van der Waals surface area contributed by atoms with Crippen molar-refractivity contribution in [1.29, 1.82) is 0 Å². The van der Waals surface area contributed by atoms with Crippen LogP contribution in [0.3, 0.4) is 0 Å². The Morgan fingerprint density at radius 2 is 1.96 bits per heavy atom. The molecular formula is C20H20N2O4. The molecule has 1 N–H and O–H groups in total. The van der Waals surface area contributed by atoms with Crippen molar-refractivity contribution in [3.63, 3.8) is 0 Å². The van der Waals surface area contributed by atoms with Crippen LogP contribution in [0, 0.1) is 10.1 Å². The predicted molar refractivity (Wildman–Crippen MR) is 99.3 cm³/mol. The summed E-state index contributed by atoms with van der Waals surface area (Å²) in [5, 5.41) is 20.4. The van der Waals surface area contributed by atoms with Gasteiger partial charge in [-0.05, 0) is 29.9 Å². The van der Waals surface area contributed by atoms with Gasteiger partial charge in [0.15, 0.2) is 5.78 Å². The fraction of sp³-hybridized carbons (Fsp3) is 0.250. The normalized spacial score (nSPS) is 21.3. The first-order valence-electron chi connectivity index (χ1n) is 8.35. The van der Waals surface area contributed by atoms with E-state index in [1.807, 2.05) is 35.2 Å². The molecule has 1 heterocycles. The number of aliphatic hydroxyl groups excluding tert-OH is 1. The Hall–Kier alpha value is -2.99. The van der Waals surface area contributed by atoms with Gasteiger partial charge in [0.2, 0.25) is 0 Å². The van der Waals surface area contributed by atoms with Crippen molar-refractivity contribution in [2.75, 3.05) is 18.1 Å². The molecule has 26 heavy (non-hydrogen) atoms. The molecule has 0 atom stereocenters. The minimum absolute atomic E-state index is 0.00856. The van der Waals surface area contributed by atoms with Crippen molar-refractivity contribution in [2.45, 2.75) is 19.3 Å². The molecule has 0 spiro atoms. The Morgan fingerprint density at radius 1 is 1.23 bits per heavy atom. The van der Waals surface area contributed by atoms with E-state index in [4.69, 9.17) is 0 Å². The lowest BCUT2D eigenvalue weighted by Crippen LogP contribution is -2.28. The van der Waals surface area contributed by atoms with E-state index in [0.29, 0.717) is 6.54 Å². The summed E-state index contributed by atoms with van der Waals surface area (Å²) in [6, 6.07) is 7.97. The predicted octanol–water partition coefficient (Wildman–Crippen LogP) is 2.89. The van der Waals surface area contributed by atoms with Gasteiger partial charge < -0.3 is 10.0 Å². The minimum atomic E-state index is -0.517. The van der Waals surface area contributed by atoms with Gasteiger partial charge in [-0.15, -0.1) is 0 Å². The summed E-state index contributed by atoms with van der Waals surface area (Å²) in [4.78, 5) is 24.5. The zero-order valence-electron chi connectivity index (χ0n) is 14.7. The van der Waals surface area contributed by atoms with Gasteiger partial charge in [0, 0.05) is 41.1 Å². The summed E-state index contributed by atoms with van der Waals surface area (Å²) in [6.45, 7) is 4.58. The number of anilines is 1. The molecule has 3 rings (SSSR count). The number of allylic oxidation sites excluding steroid dienone is 7. The first kappa shape index (κ1) is 17.8. The van der Waals surface area contributed by atoms with E-state index in [9.17, 15) is 20.0 Å². The summed E-state index contributed by atoms with van der Waals surface area (Å²) in [7, 11) is 0. The van der Waals surface area contributed by atoms with Crippen LogP contribution in [0.25, 0.3) is 0 Å². The van der Waals surface area contributed by atoms with Gasteiger partial charge in [-0.1, -0.05) is 32.0 Å². The number of carbonyl (C=O) groups excluding carboxylic acids is 1. The number of fused-ring (bicyclic) bond motifs is 1. The van der Waals surface area contributed by atoms with Gasteiger partial charge in [-0.25, -0.2) is 0 Å². The molecule has 0 saturated carbocycles. The van der Waals surface area contributed by atoms with E-state index in [-0.39, 0.29) is 29.1 Å². The fourth-order valence-corrected chi connectivity index (χ4v) is 3.43. The molecule has 0 saturated heterocycles. The van der Waals surface area contributed by atoms with Gasteiger partial charge in [-0.2, -0.15) is 0 Å². The number of rotatable bonds is 4. The van der Waals surface area contributed by atoms with Crippen LogP contribution in [-0.2, 0) is 10.2 Å². The smallest absolute Gasteiger partial charge is 0.270 e. The van der Waals surface area contributed by atoms with Crippen LogP contribution < -0.4 is 4.90 Å². The van der Waals surface area contributed by atoms with Crippen LogP contribution in [0.4, 0.5) is 5.69 Å². The number of benzene rings is 1. The molecule has 2 aliphatic rings. The molecule has 0 bridgehead atoms. The lowest BCUT2D eigenvalue weighted by molar-refractivity contribution is -0.419. The molecule has 0 aromatic heterocycles. The van der Waals surface area contributed by atoms with E-state index in [2.05, 4.69) is 13.8 Å². The second-order valence-electron chi connectivity index (χ2n) is 6.72. The van der Waals surface area contributed by atoms with Gasteiger partial charge in [0.05, 0.1) is 11.5 Å². The fourth-order valence-electron chi connectivity index (χ4n) is 3.43. The molecule has 0 radical (unpaired) electrons. The number of carbonyl (C=O) groups is 1. The first-order chi connectivity index (χ1) is 12.4. The quantitative estimate of drug-likeness (QED) is 0.512. The number of nitro groups is 1. The van der Waals surface area contributed by atoms with Crippen molar-refractivity contribution >= 4 is 11.5 Å². The zero-order valence-corrected chi connectivity index (χ0v) is 14.7. The van der Waals surface area contributed by atoms with E-state index in [1.165, 1.54) is 18.2 Å². The number of para-hydroxylation sites is 1. The van der Waals surface area contributed by atoms with Crippen molar-refractivity contribution in [2.24, 2.45) is 0 Å². The van der Waals surface area contributed by atoms with E-state index in [1.54, 1.807) is 6.08 Å². The van der Waals surface area contributed by atoms with Crippen LogP contribution in [0.5, 0.6) is 0 Å². The van der Waals surface area contributed by atoms with Gasteiger partial charge >= 0.3 is 0 Å². The van der Waals surface area contributed by atoms with Crippen molar-refractivity contribution in [1.82, 2.24) is 0 Å². The van der Waals surface area contributed by atoms with Gasteiger partial charge in [0.25, 0.3) is 5.70 Å². The molecule has 1 aliphatic carbocycles. The molecule has 0 fully saturated rings. The van der Waals surface area contributed by atoms with Crippen LogP contribution in [-0.4, -0.2) is 29.0 Å². The monoisotopic (exact) mass is 352 g/mol. The third-order valence-corrected chi connectivity index (χ3v) is 4.75. The van der Waals surface area contributed by atoms with Crippen molar-refractivity contribution < 1.29 is 14.8 Å². The number of aliphatic hydroxyl groups is 1. The van der Waals surface area contributed by atoms with Crippen molar-refractivity contribution in [3.8, 4) is 0 Å². The third-order valence-electron chi connectivity index (χ3n) is 4.75. The highest BCUT2D eigenvalue weighted by Gasteiger charge is 2.39. The second-order valence-corrected chi connectivity index (χ2v) is 6.72. The minimum Gasteiger partial charge on any atom is -0.395 e. The van der Waals surface area contributed by atoms with Crippen LogP contribution >= 0.6 is 0 Å². The molecule has 6 nitrogen and oxygen atoms in total. The molecule has 134 valence electrons. The Morgan fingerprint density at radius 3 is 2.65 bits per heavy atom. The second kappa shape index (κ2) is 6.72. The van der Waals surface area contributed by atoms with Crippen LogP contribution in [0.1, 0.15) is 19.4 Å². The lowest BCUT2D eigenvalue weighted by Gasteiger charge is -2.26. The summed E-state index contributed by atoms with van der Waals surface area (Å²) < 4.78 is 0. The van der Waals surface area contributed by atoms with Gasteiger partial charge in [-0.3, -0.25) is 14.9 Å². The first-order valence-corrected chi connectivity index (χ1v) is 8.35. The molecular weight excluding hydrogens is 332 g/mol. The maximum absolute atomic E-state index is 12.0.